The number of hydrogen-bond acceptors (Lipinski definition) is 2. The molecule has 17 heavy (non-hydrogen) atoms. The Balaban J connectivity index is 2.63. The highest BCUT2D eigenvalue weighted by Crippen LogP contribution is 2.35. The largest absolute Gasteiger partial charge is 0.481 e. The van der Waals surface area contributed by atoms with Crippen LogP contribution in [0.5, 0.6) is 0 Å². The Kier molecular flexibility index (Phi) is 4.99. The molecule has 0 saturated carbocycles. The average Bonchev–Trinajstić information content (AvgIpc) is 2.29. The maximum absolute atomic E-state index is 11.3. The molecule has 2 unspecified atom stereocenters. The maximum Gasteiger partial charge on any atom is 0.309 e. The van der Waals surface area contributed by atoms with Gasteiger partial charge in [0.1, 0.15) is 0 Å². The van der Waals surface area contributed by atoms with Crippen LogP contribution in [0.3, 0.4) is 0 Å². The van der Waals surface area contributed by atoms with Crippen molar-refractivity contribution < 1.29 is 9.90 Å². The van der Waals surface area contributed by atoms with Crippen LogP contribution in [0, 0.1) is 11.3 Å². The SMILES string of the molecule is CCCC(C)N1CCCC(C(C)(C)C(=O)O)C1. The van der Waals surface area contributed by atoms with E-state index in [2.05, 4.69) is 18.7 Å². The first-order valence-electron chi connectivity index (χ1n) is 6.87. The van der Waals surface area contributed by atoms with Gasteiger partial charge in [-0.2, -0.15) is 0 Å². The van der Waals surface area contributed by atoms with Gasteiger partial charge in [0.2, 0.25) is 0 Å². The van der Waals surface area contributed by atoms with Gasteiger partial charge >= 0.3 is 5.97 Å². The molecule has 0 spiro atoms. The third-order valence-electron chi connectivity index (χ3n) is 4.35. The van der Waals surface area contributed by atoms with Crippen molar-refractivity contribution in [1.29, 1.82) is 0 Å². The van der Waals surface area contributed by atoms with Crippen LogP contribution in [-0.2, 0) is 4.79 Å². The van der Waals surface area contributed by atoms with Gasteiger partial charge in [-0.15, -0.1) is 0 Å². The van der Waals surface area contributed by atoms with E-state index in [1.54, 1.807) is 0 Å². The van der Waals surface area contributed by atoms with E-state index in [1.807, 2.05) is 13.8 Å². The average molecular weight is 241 g/mol. The molecule has 1 fully saturated rings. The van der Waals surface area contributed by atoms with Gasteiger partial charge in [0.15, 0.2) is 0 Å². The zero-order valence-corrected chi connectivity index (χ0v) is 11.7. The monoisotopic (exact) mass is 241 g/mol. The first-order valence-corrected chi connectivity index (χ1v) is 6.87. The Morgan fingerprint density at radius 1 is 1.53 bits per heavy atom. The number of piperidine rings is 1. The second kappa shape index (κ2) is 5.85. The number of hydrogen-bond donors (Lipinski definition) is 1. The molecule has 0 amide bonds. The standard InChI is InChI=1S/C14H27NO2/c1-5-7-11(2)15-9-6-8-12(10-15)14(3,4)13(16)17/h11-12H,5-10H2,1-4H3,(H,16,17). The van der Waals surface area contributed by atoms with Crippen LogP contribution in [-0.4, -0.2) is 35.1 Å². The Labute approximate surface area is 105 Å². The minimum absolute atomic E-state index is 0.285. The normalized spacial score (nSPS) is 24.6. The molecule has 100 valence electrons. The molecule has 1 saturated heterocycles. The number of likely N-dealkylation sites (tertiary alicyclic amines) is 1. The molecule has 1 heterocycles. The second-order valence-corrected chi connectivity index (χ2v) is 6.00. The van der Waals surface area contributed by atoms with Gasteiger partial charge in [-0.1, -0.05) is 13.3 Å². The van der Waals surface area contributed by atoms with Crippen LogP contribution in [0.25, 0.3) is 0 Å². The number of rotatable bonds is 5. The predicted octanol–water partition coefficient (Wildman–Crippen LogP) is 3.00. The molecule has 1 aliphatic heterocycles. The van der Waals surface area contributed by atoms with Gasteiger partial charge in [-0.3, -0.25) is 4.79 Å². The number of carboxylic acids is 1. The van der Waals surface area contributed by atoms with E-state index in [-0.39, 0.29) is 5.92 Å². The van der Waals surface area contributed by atoms with Gasteiger partial charge in [0.25, 0.3) is 0 Å². The van der Waals surface area contributed by atoms with E-state index in [0.717, 1.165) is 25.9 Å². The van der Waals surface area contributed by atoms with Crippen LogP contribution < -0.4 is 0 Å². The van der Waals surface area contributed by atoms with Crippen molar-refractivity contribution in [2.45, 2.75) is 59.4 Å². The van der Waals surface area contributed by atoms with Gasteiger partial charge in [0, 0.05) is 12.6 Å². The van der Waals surface area contributed by atoms with E-state index >= 15 is 0 Å². The first kappa shape index (κ1) is 14.5. The van der Waals surface area contributed by atoms with E-state index in [9.17, 15) is 9.90 Å². The topological polar surface area (TPSA) is 40.5 Å². The van der Waals surface area contributed by atoms with Crippen LogP contribution in [0.15, 0.2) is 0 Å². The summed E-state index contributed by atoms with van der Waals surface area (Å²) in [4.78, 5) is 13.8. The number of nitrogens with zero attached hydrogens (tertiary/aromatic N) is 1. The molecule has 0 aromatic carbocycles. The lowest BCUT2D eigenvalue weighted by molar-refractivity contribution is -0.151. The molecule has 1 rings (SSSR count). The molecule has 0 aromatic rings. The van der Waals surface area contributed by atoms with E-state index in [0.29, 0.717) is 6.04 Å². The minimum Gasteiger partial charge on any atom is -0.481 e. The van der Waals surface area contributed by atoms with Crippen LogP contribution in [0.1, 0.15) is 53.4 Å². The van der Waals surface area contributed by atoms with Gasteiger partial charge in [-0.05, 0) is 52.5 Å². The Bertz CT molecular complexity index is 263. The van der Waals surface area contributed by atoms with E-state index in [4.69, 9.17) is 0 Å². The fourth-order valence-corrected chi connectivity index (χ4v) is 2.77. The van der Waals surface area contributed by atoms with Gasteiger partial charge in [-0.25, -0.2) is 0 Å². The summed E-state index contributed by atoms with van der Waals surface area (Å²) in [6.07, 6.45) is 4.59. The van der Waals surface area contributed by atoms with Crippen molar-refractivity contribution in [2.75, 3.05) is 13.1 Å². The summed E-state index contributed by atoms with van der Waals surface area (Å²) in [5, 5.41) is 9.30. The number of carboxylic acid groups (broad SMARTS) is 1. The smallest absolute Gasteiger partial charge is 0.309 e. The molecule has 1 aliphatic rings. The molecule has 0 aromatic heterocycles. The summed E-state index contributed by atoms with van der Waals surface area (Å²) in [5.74, 6) is -0.374. The molecule has 3 nitrogen and oxygen atoms in total. The van der Waals surface area contributed by atoms with Crippen molar-refractivity contribution in [3.8, 4) is 0 Å². The van der Waals surface area contributed by atoms with Gasteiger partial charge < -0.3 is 10.0 Å². The van der Waals surface area contributed by atoms with Crippen molar-refractivity contribution >= 4 is 5.97 Å². The molecule has 0 radical (unpaired) electrons. The molecular formula is C14H27NO2. The van der Waals surface area contributed by atoms with Gasteiger partial charge in [0.05, 0.1) is 5.41 Å². The lowest BCUT2D eigenvalue weighted by atomic mass is 9.74. The van der Waals surface area contributed by atoms with E-state index < -0.39 is 11.4 Å². The molecule has 0 aliphatic carbocycles. The minimum atomic E-state index is -0.660. The molecule has 2 atom stereocenters. The Morgan fingerprint density at radius 3 is 2.71 bits per heavy atom. The fraction of sp³-hybridized carbons (Fsp3) is 0.929. The number of aliphatic carboxylic acids is 1. The second-order valence-electron chi connectivity index (χ2n) is 6.00. The third kappa shape index (κ3) is 3.44. The summed E-state index contributed by atoms with van der Waals surface area (Å²) < 4.78 is 0. The first-order chi connectivity index (χ1) is 7.89. The highest BCUT2D eigenvalue weighted by Gasteiger charge is 2.39. The van der Waals surface area contributed by atoms with Crippen LogP contribution >= 0.6 is 0 Å². The summed E-state index contributed by atoms with van der Waals surface area (Å²) in [6, 6.07) is 0.590. The summed E-state index contributed by atoms with van der Waals surface area (Å²) >= 11 is 0. The summed E-state index contributed by atoms with van der Waals surface area (Å²) in [5.41, 5.74) is -0.593. The lowest BCUT2D eigenvalue weighted by Gasteiger charge is -2.41. The fourth-order valence-electron chi connectivity index (χ4n) is 2.77. The van der Waals surface area contributed by atoms with Crippen LogP contribution in [0.4, 0.5) is 0 Å². The zero-order valence-electron chi connectivity index (χ0n) is 11.7. The highest BCUT2D eigenvalue weighted by atomic mass is 16.4. The highest BCUT2D eigenvalue weighted by molar-refractivity contribution is 5.74. The van der Waals surface area contributed by atoms with Crippen molar-refractivity contribution in [3.63, 3.8) is 0 Å². The third-order valence-corrected chi connectivity index (χ3v) is 4.35. The maximum atomic E-state index is 11.3. The molecular weight excluding hydrogens is 214 g/mol. The Morgan fingerprint density at radius 2 is 2.18 bits per heavy atom. The van der Waals surface area contributed by atoms with Crippen molar-refractivity contribution in [2.24, 2.45) is 11.3 Å². The molecule has 0 bridgehead atoms. The summed E-state index contributed by atoms with van der Waals surface area (Å²) in [6.45, 7) is 10.3. The molecule has 1 N–H and O–H groups in total. The zero-order chi connectivity index (χ0) is 13.1. The molecule has 3 heteroatoms. The van der Waals surface area contributed by atoms with Crippen molar-refractivity contribution in [1.82, 2.24) is 4.90 Å². The quantitative estimate of drug-likeness (QED) is 0.804. The number of carbonyl (C=O) groups is 1. The summed E-state index contributed by atoms with van der Waals surface area (Å²) in [7, 11) is 0. The lowest BCUT2D eigenvalue weighted by Crippen LogP contribution is -2.47. The predicted molar refractivity (Wildman–Crippen MR) is 70.1 cm³/mol. The van der Waals surface area contributed by atoms with Crippen LogP contribution in [0.2, 0.25) is 0 Å². The van der Waals surface area contributed by atoms with E-state index in [1.165, 1.54) is 12.8 Å². The van der Waals surface area contributed by atoms with Crippen molar-refractivity contribution in [3.05, 3.63) is 0 Å². The Hall–Kier alpha value is -0.570.